The van der Waals surface area contributed by atoms with Gasteiger partial charge in [-0.1, -0.05) is 28.1 Å². The van der Waals surface area contributed by atoms with E-state index in [0.29, 0.717) is 15.8 Å². The smallest absolute Gasteiger partial charge is 0.253 e. The summed E-state index contributed by atoms with van der Waals surface area (Å²) < 4.78 is 19.4. The van der Waals surface area contributed by atoms with Crippen LogP contribution in [0.3, 0.4) is 0 Å². The number of methoxy groups -OCH3 is 1. The Morgan fingerprint density at radius 3 is 2.61 bits per heavy atom. The first-order valence-electron chi connectivity index (χ1n) is 6.77. The maximum atomic E-state index is 13.8. The summed E-state index contributed by atoms with van der Waals surface area (Å²) in [5.41, 5.74) is 5.84. The summed E-state index contributed by atoms with van der Waals surface area (Å²) in [5.74, 6) is -0.927. The second-order valence-corrected chi connectivity index (χ2v) is 5.76. The van der Waals surface area contributed by atoms with Gasteiger partial charge in [-0.15, -0.1) is 0 Å². The van der Waals surface area contributed by atoms with Crippen LogP contribution in [0, 0.1) is 5.82 Å². The Labute approximate surface area is 141 Å². The number of nitrogens with one attached hydrogen (secondary N) is 1. The third-order valence-corrected chi connectivity index (χ3v) is 3.75. The minimum Gasteiger partial charge on any atom is -0.497 e. The Morgan fingerprint density at radius 1 is 1.39 bits per heavy atom. The summed E-state index contributed by atoms with van der Waals surface area (Å²) in [4.78, 5) is 11.4. The van der Waals surface area contributed by atoms with E-state index in [0.717, 1.165) is 6.07 Å². The van der Waals surface area contributed by atoms with Gasteiger partial charge in [0.25, 0.3) is 5.91 Å². The maximum absolute atomic E-state index is 13.8. The zero-order chi connectivity index (χ0) is 17.0. The Morgan fingerprint density at radius 2 is 2.04 bits per heavy atom. The molecule has 1 unspecified atom stereocenters. The standard InChI is InChI=1S/C16H16BrFN2O3/c1-23-11-4-2-9(3-5-11)14(21)8-20-13-7-10(17)6-12(18)15(13)16(19)22/h2-7,14,20-21H,8H2,1H3,(H2,19,22). The minimum atomic E-state index is -0.878. The SMILES string of the molecule is COc1ccc(C(O)CNc2cc(Br)cc(F)c2C(N)=O)cc1. The number of hydrogen-bond donors (Lipinski definition) is 3. The average molecular weight is 383 g/mol. The number of amides is 1. The van der Waals surface area contributed by atoms with Crippen molar-refractivity contribution in [3.05, 3.63) is 57.8 Å². The van der Waals surface area contributed by atoms with Gasteiger partial charge in [-0.05, 0) is 29.8 Å². The van der Waals surface area contributed by atoms with Crippen LogP contribution in [0.2, 0.25) is 0 Å². The normalized spacial score (nSPS) is 11.8. The number of nitrogens with two attached hydrogens (primary N) is 1. The molecule has 23 heavy (non-hydrogen) atoms. The Bertz CT molecular complexity index is 707. The molecule has 0 bridgehead atoms. The van der Waals surface area contributed by atoms with Crippen LogP contribution in [0.25, 0.3) is 0 Å². The Hall–Kier alpha value is -2.12. The van der Waals surface area contributed by atoms with Crippen LogP contribution in [-0.2, 0) is 0 Å². The van der Waals surface area contributed by atoms with Crippen LogP contribution in [0.4, 0.5) is 10.1 Å². The highest BCUT2D eigenvalue weighted by Gasteiger charge is 2.16. The van der Waals surface area contributed by atoms with E-state index in [-0.39, 0.29) is 17.8 Å². The Kier molecular flexibility index (Phi) is 5.57. The number of halogens is 2. The third kappa shape index (κ3) is 4.20. The van der Waals surface area contributed by atoms with E-state index in [9.17, 15) is 14.3 Å². The number of aliphatic hydroxyl groups excluding tert-OH is 1. The number of aliphatic hydroxyl groups is 1. The van der Waals surface area contributed by atoms with Crippen LogP contribution in [0.1, 0.15) is 22.0 Å². The summed E-state index contributed by atoms with van der Waals surface area (Å²) >= 11 is 3.16. The van der Waals surface area contributed by atoms with E-state index >= 15 is 0 Å². The van der Waals surface area contributed by atoms with Gasteiger partial charge in [0.15, 0.2) is 0 Å². The molecule has 0 aliphatic heterocycles. The molecule has 122 valence electrons. The van der Waals surface area contributed by atoms with Crippen molar-refractivity contribution in [3.8, 4) is 5.75 Å². The van der Waals surface area contributed by atoms with E-state index in [4.69, 9.17) is 10.5 Å². The van der Waals surface area contributed by atoms with E-state index in [1.165, 1.54) is 6.07 Å². The molecule has 5 nitrogen and oxygen atoms in total. The fraction of sp³-hybridized carbons (Fsp3) is 0.188. The van der Waals surface area contributed by atoms with Crippen LogP contribution >= 0.6 is 15.9 Å². The van der Waals surface area contributed by atoms with Gasteiger partial charge in [-0.3, -0.25) is 4.79 Å². The molecule has 0 heterocycles. The van der Waals surface area contributed by atoms with Crippen molar-refractivity contribution in [2.45, 2.75) is 6.10 Å². The number of anilines is 1. The van der Waals surface area contributed by atoms with Crippen LogP contribution in [0.15, 0.2) is 40.9 Å². The van der Waals surface area contributed by atoms with Crippen molar-refractivity contribution in [2.75, 3.05) is 19.0 Å². The van der Waals surface area contributed by atoms with Gasteiger partial charge in [-0.2, -0.15) is 0 Å². The lowest BCUT2D eigenvalue weighted by Gasteiger charge is -2.16. The largest absolute Gasteiger partial charge is 0.497 e. The molecule has 0 saturated heterocycles. The maximum Gasteiger partial charge on any atom is 0.253 e. The molecule has 1 amide bonds. The monoisotopic (exact) mass is 382 g/mol. The van der Waals surface area contributed by atoms with Crippen LogP contribution in [0.5, 0.6) is 5.75 Å². The predicted octanol–water partition coefficient (Wildman–Crippen LogP) is 2.84. The molecular weight excluding hydrogens is 367 g/mol. The lowest BCUT2D eigenvalue weighted by Crippen LogP contribution is -2.19. The first kappa shape index (κ1) is 17.2. The number of rotatable bonds is 6. The first-order chi connectivity index (χ1) is 10.9. The van der Waals surface area contributed by atoms with Crippen molar-refractivity contribution >= 4 is 27.5 Å². The van der Waals surface area contributed by atoms with E-state index < -0.39 is 17.8 Å². The van der Waals surface area contributed by atoms with Crippen LogP contribution < -0.4 is 15.8 Å². The van der Waals surface area contributed by atoms with Gasteiger partial charge in [0.2, 0.25) is 0 Å². The second kappa shape index (κ2) is 7.43. The molecule has 1 atom stereocenters. The molecule has 4 N–H and O–H groups in total. The fourth-order valence-electron chi connectivity index (χ4n) is 2.11. The summed E-state index contributed by atoms with van der Waals surface area (Å²) in [6.07, 6.45) is -0.844. The molecule has 2 rings (SSSR count). The van der Waals surface area contributed by atoms with Crippen molar-refractivity contribution < 1.29 is 19.0 Å². The number of carbonyl (C=O) groups is 1. The fourth-order valence-corrected chi connectivity index (χ4v) is 2.54. The molecule has 7 heteroatoms. The summed E-state index contributed by atoms with van der Waals surface area (Å²) in [6.45, 7) is 0.0858. The lowest BCUT2D eigenvalue weighted by molar-refractivity contribution is 0.0997. The van der Waals surface area contributed by atoms with Gasteiger partial charge in [0.05, 0.1) is 24.5 Å². The summed E-state index contributed by atoms with van der Waals surface area (Å²) in [6, 6.07) is 9.59. The Balaban J connectivity index is 2.15. The number of primary amides is 1. The molecule has 2 aromatic rings. The van der Waals surface area contributed by atoms with E-state index in [1.54, 1.807) is 31.4 Å². The second-order valence-electron chi connectivity index (χ2n) is 4.84. The summed E-state index contributed by atoms with van der Waals surface area (Å²) in [7, 11) is 1.56. The van der Waals surface area contributed by atoms with Gasteiger partial charge in [-0.25, -0.2) is 4.39 Å². The van der Waals surface area contributed by atoms with Crippen molar-refractivity contribution in [1.82, 2.24) is 0 Å². The van der Waals surface area contributed by atoms with Gasteiger partial charge in [0.1, 0.15) is 11.6 Å². The van der Waals surface area contributed by atoms with Crippen molar-refractivity contribution in [3.63, 3.8) is 0 Å². The first-order valence-corrected chi connectivity index (χ1v) is 7.56. The van der Waals surface area contributed by atoms with Gasteiger partial charge >= 0.3 is 0 Å². The van der Waals surface area contributed by atoms with Crippen LogP contribution in [-0.4, -0.2) is 24.7 Å². The highest BCUT2D eigenvalue weighted by atomic mass is 79.9. The molecule has 0 radical (unpaired) electrons. The van der Waals surface area contributed by atoms with Gasteiger partial charge in [0, 0.05) is 11.0 Å². The average Bonchev–Trinajstić information content (AvgIpc) is 2.51. The topological polar surface area (TPSA) is 84.6 Å². The molecule has 2 aromatic carbocycles. The highest BCUT2D eigenvalue weighted by Crippen LogP contribution is 2.26. The van der Waals surface area contributed by atoms with Crippen molar-refractivity contribution in [2.24, 2.45) is 5.73 Å². The quantitative estimate of drug-likeness (QED) is 0.716. The van der Waals surface area contributed by atoms with Gasteiger partial charge < -0.3 is 20.9 Å². The number of hydrogen-bond acceptors (Lipinski definition) is 4. The summed E-state index contributed by atoms with van der Waals surface area (Å²) in [5, 5.41) is 13.0. The number of ether oxygens (including phenoxy) is 1. The third-order valence-electron chi connectivity index (χ3n) is 3.29. The van der Waals surface area contributed by atoms with E-state index in [2.05, 4.69) is 21.2 Å². The highest BCUT2D eigenvalue weighted by molar-refractivity contribution is 9.10. The number of carbonyl (C=O) groups excluding carboxylic acids is 1. The molecular formula is C16H16BrFN2O3. The van der Waals surface area contributed by atoms with E-state index in [1.807, 2.05) is 0 Å². The molecule has 0 aromatic heterocycles. The molecule has 0 spiro atoms. The zero-order valence-electron chi connectivity index (χ0n) is 12.3. The zero-order valence-corrected chi connectivity index (χ0v) is 13.9. The number of benzene rings is 2. The van der Waals surface area contributed by atoms with Crippen molar-refractivity contribution in [1.29, 1.82) is 0 Å². The predicted molar refractivity (Wildman–Crippen MR) is 89.1 cm³/mol. The molecule has 0 saturated carbocycles. The minimum absolute atomic E-state index is 0.0858. The molecule has 0 aliphatic rings. The lowest BCUT2D eigenvalue weighted by atomic mass is 10.1. The molecule has 0 aliphatic carbocycles. The molecule has 0 fully saturated rings.